The Morgan fingerprint density at radius 1 is 1.39 bits per heavy atom. The van der Waals surface area contributed by atoms with Crippen molar-refractivity contribution in [2.75, 3.05) is 26.2 Å². The van der Waals surface area contributed by atoms with Crippen molar-refractivity contribution in [2.45, 2.75) is 26.8 Å². The van der Waals surface area contributed by atoms with E-state index in [1.807, 2.05) is 29.3 Å². The standard InChI is InChI=1S/C16H22N4O2S/c1-3-12(2)16(21)20-8-6-19(7-9-20)11-14-17-15(18-22-14)13-5-4-10-23-13/h4-5,10,12H,3,6-9,11H2,1-2H3/t12-/m0/s1. The zero-order chi connectivity index (χ0) is 16.2. The van der Waals surface area contributed by atoms with E-state index < -0.39 is 0 Å². The van der Waals surface area contributed by atoms with E-state index in [4.69, 9.17) is 4.52 Å². The van der Waals surface area contributed by atoms with Crippen LogP contribution in [0, 0.1) is 5.92 Å². The molecule has 0 aliphatic carbocycles. The molecule has 7 heteroatoms. The van der Waals surface area contributed by atoms with Crippen molar-refractivity contribution in [3.8, 4) is 10.7 Å². The van der Waals surface area contributed by atoms with E-state index in [1.54, 1.807) is 11.3 Å². The molecule has 0 N–H and O–H groups in total. The van der Waals surface area contributed by atoms with Crippen LogP contribution in [0.25, 0.3) is 10.7 Å². The fourth-order valence-corrected chi connectivity index (χ4v) is 3.28. The number of aromatic nitrogens is 2. The highest BCUT2D eigenvalue weighted by Crippen LogP contribution is 2.21. The lowest BCUT2D eigenvalue weighted by atomic mass is 10.1. The second-order valence-corrected chi connectivity index (χ2v) is 6.85. The van der Waals surface area contributed by atoms with Gasteiger partial charge in [-0.05, 0) is 17.9 Å². The van der Waals surface area contributed by atoms with Gasteiger partial charge in [-0.3, -0.25) is 9.69 Å². The minimum absolute atomic E-state index is 0.117. The molecule has 3 heterocycles. The summed E-state index contributed by atoms with van der Waals surface area (Å²) in [7, 11) is 0. The van der Waals surface area contributed by atoms with Gasteiger partial charge in [-0.2, -0.15) is 4.98 Å². The summed E-state index contributed by atoms with van der Waals surface area (Å²) < 4.78 is 5.34. The van der Waals surface area contributed by atoms with Crippen molar-refractivity contribution >= 4 is 17.2 Å². The third-order valence-electron chi connectivity index (χ3n) is 4.29. The highest BCUT2D eigenvalue weighted by molar-refractivity contribution is 7.13. The molecule has 3 rings (SSSR count). The molecular formula is C16H22N4O2S. The van der Waals surface area contributed by atoms with E-state index in [2.05, 4.69) is 22.0 Å². The Morgan fingerprint density at radius 3 is 2.83 bits per heavy atom. The van der Waals surface area contributed by atoms with Crippen LogP contribution in [0.2, 0.25) is 0 Å². The Kier molecular flexibility index (Phi) is 5.07. The largest absolute Gasteiger partial charge is 0.340 e. The Labute approximate surface area is 140 Å². The summed E-state index contributed by atoms with van der Waals surface area (Å²) in [5, 5.41) is 6.03. The van der Waals surface area contributed by atoms with Crippen molar-refractivity contribution in [1.82, 2.24) is 19.9 Å². The van der Waals surface area contributed by atoms with Gasteiger partial charge in [0.2, 0.25) is 17.6 Å². The predicted octanol–water partition coefficient (Wildman–Crippen LogP) is 2.49. The Bertz CT molecular complexity index is 632. The van der Waals surface area contributed by atoms with E-state index >= 15 is 0 Å². The fraction of sp³-hybridized carbons (Fsp3) is 0.562. The maximum atomic E-state index is 12.2. The number of hydrogen-bond acceptors (Lipinski definition) is 6. The van der Waals surface area contributed by atoms with Crippen molar-refractivity contribution in [2.24, 2.45) is 5.92 Å². The van der Waals surface area contributed by atoms with Crippen molar-refractivity contribution in [1.29, 1.82) is 0 Å². The van der Waals surface area contributed by atoms with Crippen molar-refractivity contribution in [3.05, 3.63) is 23.4 Å². The van der Waals surface area contributed by atoms with Crippen LogP contribution in [0.15, 0.2) is 22.0 Å². The second kappa shape index (κ2) is 7.23. The molecule has 6 nitrogen and oxygen atoms in total. The van der Waals surface area contributed by atoms with Crippen LogP contribution in [-0.4, -0.2) is 52.0 Å². The van der Waals surface area contributed by atoms with E-state index in [0.29, 0.717) is 18.3 Å². The normalized spacial score (nSPS) is 17.4. The molecule has 1 atom stereocenters. The molecule has 0 unspecified atom stereocenters. The Hall–Kier alpha value is -1.73. The van der Waals surface area contributed by atoms with E-state index in [1.165, 1.54) is 0 Å². The van der Waals surface area contributed by atoms with Gasteiger partial charge in [-0.15, -0.1) is 11.3 Å². The average molecular weight is 334 g/mol. The van der Waals surface area contributed by atoms with Gasteiger partial charge >= 0.3 is 0 Å². The van der Waals surface area contributed by atoms with Crippen LogP contribution in [0.4, 0.5) is 0 Å². The molecule has 124 valence electrons. The third-order valence-corrected chi connectivity index (χ3v) is 5.15. The molecular weight excluding hydrogens is 312 g/mol. The molecule has 1 saturated heterocycles. The van der Waals surface area contributed by atoms with Crippen molar-refractivity contribution in [3.63, 3.8) is 0 Å². The third kappa shape index (κ3) is 3.79. The van der Waals surface area contributed by atoms with Gasteiger partial charge in [0.15, 0.2) is 0 Å². The molecule has 2 aromatic rings. The summed E-state index contributed by atoms with van der Waals surface area (Å²) in [6.45, 7) is 7.94. The van der Waals surface area contributed by atoms with E-state index in [0.717, 1.165) is 37.5 Å². The number of nitrogens with zero attached hydrogens (tertiary/aromatic N) is 4. The second-order valence-electron chi connectivity index (χ2n) is 5.90. The number of carbonyl (C=O) groups is 1. The first-order chi connectivity index (χ1) is 11.2. The number of carbonyl (C=O) groups excluding carboxylic acids is 1. The number of thiophene rings is 1. The molecule has 1 fully saturated rings. The highest BCUT2D eigenvalue weighted by atomic mass is 32.1. The van der Waals surface area contributed by atoms with E-state index in [-0.39, 0.29) is 11.8 Å². The summed E-state index contributed by atoms with van der Waals surface area (Å²) >= 11 is 1.60. The number of hydrogen-bond donors (Lipinski definition) is 0. The molecule has 1 amide bonds. The Balaban J connectivity index is 1.52. The van der Waals surface area contributed by atoms with Crippen LogP contribution >= 0.6 is 11.3 Å². The van der Waals surface area contributed by atoms with Crippen LogP contribution in [0.3, 0.4) is 0 Å². The number of rotatable bonds is 5. The fourth-order valence-electron chi connectivity index (χ4n) is 2.63. The predicted molar refractivity (Wildman–Crippen MR) is 88.9 cm³/mol. The van der Waals surface area contributed by atoms with Crippen LogP contribution in [0.5, 0.6) is 0 Å². The SMILES string of the molecule is CC[C@H](C)C(=O)N1CCN(Cc2nc(-c3cccs3)no2)CC1. The molecule has 0 aromatic carbocycles. The molecule has 1 aliphatic rings. The first-order valence-corrected chi connectivity index (χ1v) is 8.93. The molecule has 1 aliphatic heterocycles. The first-order valence-electron chi connectivity index (χ1n) is 8.05. The minimum atomic E-state index is 0.117. The van der Waals surface area contributed by atoms with Crippen LogP contribution < -0.4 is 0 Å². The molecule has 2 aromatic heterocycles. The van der Waals surface area contributed by atoms with Crippen LogP contribution in [-0.2, 0) is 11.3 Å². The Morgan fingerprint density at radius 2 is 2.17 bits per heavy atom. The summed E-state index contributed by atoms with van der Waals surface area (Å²) in [5.41, 5.74) is 0. The van der Waals surface area contributed by atoms with Crippen molar-refractivity contribution < 1.29 is 9.32 Å². The van der Waals surface area contributed by atoms with E-state index in [9.17, 15) is 4.79 Å². The first kappa shape index (κ1) is 16.1. The molecule has 0 saturated carbocycles. The van der Waals surface area contributed by atoms with Gasteiger partial charge in [0.1, 0.15) is 0 Å². The molecule has 0 spiro atoms. The van der Waals surface area contributed by atoms with Gasteiger partial charge in [-0.1, -0.05) is 25.1 Å². The topological polar surface area (TPSA) is 62.5 Å². The molecule has 0 radical (unpaired) electrons. The maximum absolute atomic E-state index is 12.2. The number of amides is 1. The average Bonchev–Trinajstić information content (AvgIpc) is 3.25. The lowest BCUT2D eigenvalue weighted by Gasteiger charge is -2.35. The van der Waals surface area contributed by atoms with Gasteiger partial charge < -0.3 is 9.42 Å². The zero-order valence-corrected chi connectivity index (χ0v) is 14.4. The summed E-state index contributed by atoms with van der Waals surface area (Å²) in [4.78, 5) is 21.9. The lowest BCUT2D eigenvalue weighted by molar-refractivity contribution is -0.136. The molecule has 0 bridgehead atoms. The van der Waals surface area contributed by atoms with Gasteiger partial charge in [0.05, 0.1) is 11.4 Å². The zero-order valence-electron chi connectivity index (χ0n) is 13.6. The van der Waals surface area contributed by atoms with Gasteiger partial charge in [0, 0.05) is 32.1 Å². The molecule has 23 heavy (non-hydrogen) atoms. The van der Waals surface area contributed by atoms with Gasteiger partial charge in [0.25, 0.3) is 0 Å². The summed E-state index contributed by atoms with van der Waals surface area (Å²) in [6.07, 6.45) is 0.895. The van der Waals surface area contributed by atoms with Crippen LogP contribution in [0.1, 0.15) is 26.2 Å². The highest BCUT2D eigenvalue weighted by Gasteiger charge is 2.25. The number of piperazine rings is 1. The maximum Gasteiger partial charge on any atom is 0.241 e. The smallest absolute Gasteiger partial charge is 0.241 e. The monoisotopic (exact) mass is 334 g/mol. The van der Waals surface area contributed by atoms with Gasteiger partial charge in [-0.25, -0.2) is 0 Å². The summed E-state index contributed by atoms with van der Waals surface area (Å²) in [5.74, 6) is 1.67. The minimum Gasteiger partial charge on any atom is -0.340 e. The summed E-state index contributed by atoms with van der Waals surface area (Å²) in [6, 6.07) is 3.96. The lowest BCUT2D eigenvalue weighted by Crippen LogP contribution is -2.49. The quantitative estimate of drug-likeness (QED) is 0.840.